The topological polar surface area (TPSA) is 58.4 Å². The van der Waals surface area contributed by atoms with E-state index in [0.717, 1.165) is 26.1 Å². The van der Waals surface area contributed by atoms with Crippen molar-refractivity contribution >= 4 is 11.6 Å². The number of carbonyl (C=O) groups is 1. The van der Waals surface area contributed by atoms with Gasteiger partial charge in [-0.2, -0.15) is 0 Å². The van der Waals surface area contributed by atoms with Crippen LogP contribution in [0.5, 0.6) is 0 Å². The number of nitrogens with two attached hydrogens (primary N) is 1. The van der Waals surface area contributed by atoms with E-state index in [1.165, 1.54) is 18.6 Å². The lowest BCUT2D eigenvalue weighted by Gasteiger charge is -2.18. The lowest BCUT2D eigenvalue weighted by atomic mass is 9.98. The molecule has 114 valence electrons. The number of halogens is 1. The molecular formula is C16H22FN3O. The summed E-state index contributed by atoms with van der Waals surface area (Å²) in [7, 11) is 0. The highest BCUT2D eigenvalue weighted by Crippen LogP contribution is 2.36. The highest BCUT2D eigenvalue weighted by Gasteiger charge is 2.40. The third-order valence-corrected chi connectivity index (χ3v) is 4.75. The van der Waals surface area contributed by atoms with Crippen molar-refractivity contribution in [2.24, 2.45) is 17.6 Å². The summed E-state index contributed by atoms with van der Waals surface area (Å²) < 4.78 is 13.0. The van der Waals surface area contributed by atoms with Gasteiger partial charge in [0.05, 0.1) is 0 Å². The monoisotopic (exact) mass is 291 g/mol. The molecule has 1 saturated carbocycles. The van der Waals surface area contributed by atoms with Gasteiger partial charge >= 0.3 is 0 Å². The van der Waals surface area contributed by atoms with Crippen LogP contribution >= 0.6 is 0 Å². The summed E-state index contributed by atoms with van der Waals surface area (Å²) in [6.45, 7) is 2.82. The van der Waals surface area contributed by atoms with Crippen LogP contribution in [0.25, 0.3) is 0 Å². The first kappa shape index (κ1) is 14.5. The Morgan fingerprint density at radius 2 is 2.24 bits per heavy atom. The highest BCUT2D eigenvalue weighted by atomic mass is 19.1. The molecule has 1 aliphatic heterocycles. The number of hydrogen-bond acceptors (Lipinski definition) is 3. The molecule has 3 rings (SSSR count). The van der Waals surface area contributed by atoms with E-state index in [1.807, 2.05) is 0 Å². The molecule has 4 nitrogen and oxygen atoms in total. The molecule has 1 aromatic carbocycles. The number of nitrogens with zero attached hydrogens (tertiary/aromatic N) is 1. The Hall–Kier alpha value is -1.46. The van der Waals surface area contributed by atoms with Crippen LogP contribution in [0.1, 0.15) is 19.3 Å². The molecule has 0 radical (unpaired) electrons. The number of hydrogen-bond donors (Lipinski definition) is 2. The van der Waals surface area contributed by atoms with Crippen LogP contribution in [-0.4, -0.2) is 36.5 Å². The van der Waals surface area contributed by atoms with Crippen molar-refractivity contribution < 1.29 is 9.18 Å². The molecule has 21 heavy (non-hydrogen) atoms. The molecule has 1 amide bonds. The first-order valence-corrected chi connectivity index (χ1v) is 7.65. The summed E-state index contributed by atoms with van der Waals surface area (Å²) in [5.41, 5.74) is 6.63. The van der Waals surface area contributed by atoms with Crippen LogP contribution in [0.3, 0.4) is 0 Å². The minimum atomic E-state index is -0.339. The van der Waals surface area contributed by atoms with Gasteiger partial charge in [-0.1, -0.05) is 6.07 Å². The SMILES string of the molecule is NC1CCC2CN(CCC(=O)Nc3cccc(F)c3)CC12. The predicted octanol–water partition coefficient (Wildman–Crippen LogP) is 1.82. The van der Waals surface area contributed by atoms with Gasteiger partial charge in [0, 0.05) is 37.8 Å². The van der Waals surface area contributed by atoms with Gasteiger partial charge in [-0.25, -0.2) is 4.39 Å². The fourth-order valence-corrected chi connectivity index (χ4v) is 3.63. The molecule has 3 atom stereocenters. The van der Waals surface area contributed by atoms with E-state index < -0.39 is 0 Å². The van der Waals surface area contributed by atoms with Crippen LogP contribution in [0.2, 0.25) is 0 Å². The second kappa shape index (κ2) is 6.12. The molecule has 1 saturated heterocycles. The molecule has 5 heteroatoms. The van der Waals surface area contributed by atoms with E-state index in [0.29, 0.717) is 30.0 Å². The standard InChI is InChI=1S/C16H22FN3O/c17-12-2-1-3-13(8-12)19-16(21)6-7-20-9-11-4-5-15(18)14(11)10-20/h1-3,8,11,14-15H,4-7,9-10,18H2,(H,19,21). The van der Waals surface area contributed by atoms with Crippen LogP contribution in [0, 0.1) is 17.7 Å². The normalized spacial score (nSPS) is 28.6. The quantitative estimate of drug-likeness (QED) is 0.889. The van der Waals surface area contributed by atoms with Gasteiger partial charge in [0.25, 0.3) is 0 Å². The van der Waals surface area contributed by atoms with Crippen LogP contribution in [0.15, 0.2) is 24.3 Å². The van der Waals surface area contributed by atoms with Crippen molar-refractivity contribution in [2.45, 2.75) is 25.3 Å². The maximum absolute atomic E-state index is 13.0. The minimum Gasteiger partial charge on any atom is -0.327 e. The number of carbonyl (C=O) groups excluding carboxylic acids is 1. The van der Waals surface area contributed by atoms with Crippen molar-refractivity contribution in [3.8, 4) is 0 Å². The Morgan fingerprint density at radius 1 is 1.38 bits per heavy atom. The van der Waals surface area contributed by atoms with Crippen LogP contribution < -0.4 is 11.1 Å². The first-order valence-electron chi connectivity index (χ1n) is 7.65. The summed E-state index contributed by atoms with van der Waals surface area (Å²) in [5, 5.41) is 2.74. The number of amides is 1. The first-order chi connectivity index (χ1) is 10.1. The van der Waals surface area contributed by atoms with E-state index in [-0.39, 0.29) is 11.7 Å². The van der Waals surface area contributed by atoms with E-state index in [1.54, 1.807) is 12.1 Å². The molecule has 2 fully saturated rings. The zero-order chi connectivity index (χ0) is 14.8. The number of anilines is 1. The maximum atomic E-state index is 13.0. The van der Waals surface area contributed by atoms with E-state index in [4.69, 9.17) is 5.73 Å². The molecule has 0 spiro atoms. The fourth-order valence-electron chi connectivity index (χ4n) is 3.63. The second-order valence-corrected chi connectivity index (χ2v) is 6.23. The Balaban J connectivity index is 1.44. The number of rotatable bonds is 4. The molecule has 1 aromatic rings. The summed E-state index contributed by atoms with van der Waals surface area (Å²) in [6, 6.07) is 6.31. The van der Waals surface area contributed by atoms with Crippen LogP contribution in [-0.2, 0) is 4.79 Å². The molecule has 1 heterocycles. The number of benzene rings is 1. The van der Waals surface area contributed by atoms with Gasteiger partial charge in [-0.3, -0.25) is 4.79 Å². The molecule has 3 unspecified atom stereocenters. The number of fused-ring (bicyclic) bond motifs is 1. The summed E-state index contributed by atoms with van der Waals surface area (Å²) in [6.07, 6.45) is 2.80. The maximum Gasteiger partial charge on any atom is 0.225 e. The van der Waals surface area contributed by atoms with Gasteiger partial charge in [0.15, 0.2) is 0 Å². The van der Waals surface area contributed by atoms with Crippen molar-refractivity contribution in [2.75, 3.05) is 25.0 Å². The van der Waals surface area contributed by atoms with Gasteiger partial charge < -0.3 is 16.0 Å². The Bertz CT molecular complexity index is 522. The van der Waals surface area contributed by atoms with Crippen LogP contribution in [0.4, 0.5) is 10.1 Å². The molecule has 0 bridgehead atoms. The molecule has 3 N–H and O–H groups in total. The van der Waals surface area contributed by atoms with Crippen molar-refractivity contribution in [1.29, 1.82) is 0 Å². The summed E-state index contributed by atoms with van der Waals surface area (Å²) in [4.78, 5) is 14.2. The average molecular weight is 291 g/mol. The molecule has 2 aliphatic rings. The highest BCUT2D eigenvalue weighted by molar-refractivity contribution is 5.90. The van der Waals surface area contributed by atoms with E-state index >= 15 is 0 Å². The van der Waals surface area contributed by atoms with Crippen molar-refractivity contribution in [3.05, 3.63) is 30.1 Å². The third-order valence-electron chi connectivity index (χ3n) is 4.75. The average Bonchev–Trinajstić information content (AvgIpc) is 2.99. The molecule has 0 aromatic heterocycles. The number of likely N-dealkylation sites (tertiary alicyclic amines) is 1. The third kappa shape index (κ3) is 3.41. The van der Waals surface area contributed by atoms with Gasteiger partial charge in [-0.05, 0) is 42.9 Å². The molecular weight excluding hydrogens is 269 g/mol. The lowest BCUT2D eigenvalue weighted by Crippen LogP contribution is -2.31. The second-order valence-electron chi connectivity index (χ2n) is 6.23. The Morgan fingerprint density at radius 3 is 3.00 bits per heavy atom. The largest absolute Gasteiger partial charge is 0.327 e. The molecule has 1 aliphatic carbocycles. The van der Waals surface area contributed by atoms with Crippen molar-refractivity contribution in [1.82, 2.24) is 4.90 Å². The lowest BCUT2D eigenvalue weighted by molar-refractivity contribution is -0.116. The van der Waals surface area contributed by atoms with Crippen molar-refractivity contribution in [3.63, 3.8) is 0 Å². The summed E-state index contributed by atoms with van der Waals surface area (Å²) >= 11 is 0. The minimum absolute atomic E-state index is 0.0676. The zero-order valence-electron chi connectivity index (χ0n) is 12.1. The van der Waals surface area contributed by atoms with Gasteiger partial charge in [-0.15, -0.1) is 0 Å². The van der Waals surface area contributed by atoms with E-state index in [2.05, 4.69) is 10.2 Å². The van der Waals surface area contributed by atoms with E-state index in [9.17, 15) is 9.18 Å². The zero-order valence-corrected chi connectivity index (χ0v) is 12.1. The van der Waals surface area contributed by atoms with Gasteiger partial charge in [0.1, 0.15) is 5.82 Å². The smallest absolute Gasteiger partial charge is 0.225 e. The predicted molar refractivity (Wildman–Crippen MR) is 80.3 cm³/mol. The Labute approximate surface area is 124 Å². The Kier molecular flexibility index (Phi) is 4.22. The van der Waals surface area contributed by atoms with Gasteiger partial charge in [0.2, 0.25) is 5.91 Å². The fraction of sp³-hybridized carbons (Fsp3) is 0.562. The number of nitrogens with one attached hydrogen (secondary N) is 1. The summed E-state index contributed by atoms with van der Waals surface area (Å²) in [5.74, 6) is 0.915.